The average Bonchev–Trinajstić information content (AvgIpc) is 2.38. The number of anilines is 1. The molecule has 1 aromatic rings. The van der Waals surface area contributed by atoms with E-state index in [0.29, 0.717) is 23.3 Å². The number of nitrogens with one attached hydrogen (secondary N) is 1. The van der Waals surface area contributed by atoms with Crippen molar-refractivity contribution >= 4 is 27.5 Å². The Labute approximate surface area is 134 Å². The minimum atomic E-state index is -0.0179. The van der Waals surface area contributed by atoms with Crippen molar-refractivity contribution < 1.29 is 4.79 Å². The second-order valence-electron chi connectivity index (χ2n) is 6.32. The normalized spacial score (nSPS) is 29.1. The molecular formula is C16H22BrN3O. The summed E-state index contributed by atoms with van der Waals surface area (Å²) in [6.07, 6.45) is 5.94. The first-order valence-electron chi connectivity index (χ1n) is 7.62. The molecule has 2 unspecified atom stereocenters. The maximum Gasteiger partial charge on any atom is 0.251 e. The minimum absolute atomic E-state index is 0.0179. The maximum atomic E-state index is 12.4. The van der Waals surface area contributed by atoms with Crippen LogP contribution in [0.15, 0.2) is 22.7 Å². The van der Waals surface area contributed by atoms with E-state index in [1.54, 1.807) is 12.1 Å². The number of nitrogens with two attached hydrogens (primary N) is 1. The number of rotatable bonds is 2. The Kier molecular flexibility index (Phi) is 4.22. The van der Waals surface area contributed by atoms with Gasteiger partial charge in [0.1, 0.15) is 0 Å². The van der Waals surface area contributed by atoms with Crippen LogP contribution in [0.3, 0.4) is 0 Å². The summed E-state index contributed by atoms with van der Waals surface area (Å²) in [4.78, 5) is 14.9. The third kappa shape index (κ3) is 3.24. The van der Waals surface area contributed by atoms with Gasteiger partial charge in [-0.25, -0.2) is 0 Å². The van der Waals surface area contributed by atoms with Crippen molar-refractivity contribution in [3.05, 3.63) is 28.2 Å². The first-order valence-corrected chi connectivity index (χ1v) is 8.41. The van der Waals surface area contributed by atoms with Crippen molar-refractivity contribution in [1.82, 2.24) is 10.2 Å². The molecule has 2 aliphatic rings. The molecule has 0 radical (unpaired) electrons. The lowest BCUT2D eigenvalue weighted by atomic mass is 9.82. The Hall–Kier alpha value is -1.07. The molecule has 1 amide bonds. The topological polar surface area (TPSA) is 58.4 Å². The van der Waals surface area contributed by atoms with Gasteiger partial charge in [-0.2, -0.15) is 0 Å². The number of amides is 1. The maximum absolute atomic E-state index is 12.4. The molecule has 2 fully saturated rings. The summed E-state index contributed by atoms with van der Waals surface area (Å²) < 4.78 is 0.841. The Morgan fingerprint density at radius 2 is 1.95 bits per heavy atom. The first kappa shape index (κ1) is 14.9. The molecule has 2 heterocycles. The number of nitrogen functional groups attached to an aromatic ring is 1. The molecule has 21 heavy (non-hydrogen) atoms. The highest BCUT2D eigenvalue weighted by Crippen LogP contribution is 2.32. The van der Waals surface area contributed by atoms with Crippen molar-refractivity contribution in [3.63, 3.8) is 0 Å². The number of piperidine rings is 2. The van der Waals surface area contributed by atoms with E-state index in [4.69, 9.17) is 5.73 Å². The van der Waals surface area contributed by atoms with Gasteiger partial charge in [0, 0.05) is 33.8 Å². The number of carbonyl (C=O) groups is 1. The van der Waals surface area contributed by atoms with Gasteiger partial charge in [-0.15, -0.1) is 0 Å². The molecule has 0 aliphatic carbocycles. The number of fused-ring (bicyclic) bond motifs is 2. The van der Waals surface area contributed by atoms with Gasteiger partial charge in [0.25, 0.3) is 5.91 Å². The summed E-state index contributed by atoms with van der Waals surface area (Å²) in [6.45, 7) is 0. The van der Waals surface area contributed by atoms with Gasteiger partial charge in [0.15, 0.2) is 0 Å². The van der Waals surface area contributed by atoms with Crippen LogP contribution in [0.1, 0.15) is 42.5 Å². The van der Waals surface area contributed by atoms with Crippen LogP contribution in [0, 0.1) is 0 Å². The van der Waals surface area contributed by atoms with E-state index in [1.807, 2.05) is 6.07 Å². The van der Waals surface area contributed by atoms with Crippen LogP contribution in [0.2, 0.25) is 0 Å². The smallest absolute Gasteiger partial charge is 0.251 e. The highest BCUT2D eigenvalue weighted by molar-refractivity contribution is 9.10. The lowest BCUT2D eigenvalue weighted by molar-refractivity contribution is 0.0463. The third-order valence-corrected chi connectivity index (χ3v) is 5.32. The molecule has 2 bridgehead atoms. The summed E-state index contributed by atoms with van der Waals surface area (Å²) in [5.74, 6) is -0.0179. The summed E-state index contributed by atoms with van der Waals surface area (Å²) in [5, 5.41) is 3.20. The zero-order valence-corrected chi connectivity index (χ0v) is 13.9. The molecule has 3 N–H and O–H groups in total. The lowest BCUT2D eigenvalue weighted by Gasteiger charge is -2.47. The van der Waals surface area contributed by atoms with Gasteiger partial charge < -0.3 is 16.0 Å². The summed E-state index contributed by atoms with van der Waals surface area (Å²) in [6, 6.07) is 6.88. The molecule has 0 spiro atoms. The van der Waals surface area contributed by atoms with Gasteiger partial charge in [0.2, 0.25) is 0 Å². The number of benzene rings is 1. The highest BCUT2D eigenvalue weighted by Gasteiger charge is 2.36. The van der Waals surface area contributed by atoms with Crippen LogP contribution in [0.4, 0.5) is 5.69 Å². The number of nitrogens with zero attached hydrogens (tertiary/aromatic N) is 1. The fourth-order valence-electron chi connectivity index (χ4n) is 3.75. The molecule has 2 atom stereocenters. The van der Waals surface area contributed by atoms with Crippen molar-refractivity contribution in [1.29, 1.82) is 0 Å². The Balaban J connectivity index is 1.68. The van der Waals surface area contributed by atoms with Crippen LogP contribution in [-0.4, -0.2) is 36.0 Å². The van der Waals surface area contributed by atoms with Crippen LogP contribution < -0.4 is 11.1 Å². The van der Waals surface area contributed by atoms with Gasteiger partial charge in [-0.3, -0.25) is 4.79 Å². The Bertz CT molecular complexity index is 514. The number of carbonyl (C=O) groups excluding carboxylic acids is 1. The number of hydrogen-bond donors (Lipinski definition) is 2. The first-order chi connectivity index (χ1) is 10.0. The van der Waals surface area contributed by atoms with Crippen LogP contribution in [-0.2, 0) is 0 Å². The lowest BCUT2D eigenvalue weighted by Crippen LogP contribution is -2.55. The SMILES string of the molecule is CN1C2CCCC1CC(NC(=O)c1cc(N)cc(Br)c1)C2. The summed E-state index contributed by atoms with van der Waals surface area (Å²) >= 11 is 3.39. The molecule has 1 aromatic carbocycles. The Morgan fingerprint density at radius 1 is 1.29 bits per heavy atom. The standard InChI is InChI=1S/C16H22BrN3O/c1-20-14-3-2-4-15(20)9-13(8-14)19-16(21)10-5-11(17)7-12(18)6-10/h5-7,13-15H,2-4,8-9,18H2,1H3,(H,19,21). The van der Waals surface area contributed by atoms with E-state index in [0.717, 1.165) is 17.3 Å². The predicted molar refractivity (Wildman–Crippen MR) is 88.2 cm³/mol. The molecule has 0 saturated carbocycles. The van der Waals surface area contributed by atoms with E-state index in [1.165, 1.54) is 19.3 Å². The van der Waals surface area contributed by atoms with E-state index in [2.05, 4.69) is 33.2 Å². The number of halogens is 1. The van der Waals surface area contributed by atoms with Crippen molar-refractivity contribution in [2.24, 2.45) is 0 Å². The molecule has 0 aromatic heterocycles. The molecule has 5 heteroatoms. The van der Waals surface area contributed by atoms with Crippen molar-refractivity contribution in [2.75, 3.05) is 12.8 Å². The number of hydrogen-bond acceptors (Lipinski definition) is 3. The summed E-state index contributed by atoms with van der Waals surface area (Å²) in [5.41, 5.74) is 7.04. The monoisotopic (exact) mass is 351 g/mol. The predicted octanol–water partition coefficient (Wildman–Crippen LogP) is 2.78. The van der Waals surface area contributed by atoms with E-state index >= 15 is 0 Å². The highest BCUT2D eigenvalue weighted by atomic mass is 79.9. The second-order valence-corrected chi connectivity index (χ2v) is 7.23. The fraction of sp³-hybridized carbons (Fsp3) is 0.562. The van der Waals surface area contributed by atoms with Crippen LogP contribution in [0.5, 0.6) is 0 Å². The molecule has 114 valence electrons. The fourth-order valence-corrected chi connectivity index (χ4v) is 4.26. The largest absolute Gasteiger partial charge is 0.399 e. The molecule has 3 rings (SSSR count). The van der Waals surface area contributed by atoms with E-state index in [-0.39, 0.29) is 11.9 Å². The van der Waals surface area contributed by atoms with Crippen molar-refractivity contribution in [3.8, 4) is 0 Å². The third-order valence-electron chi connectivity index (χ3n) is 4.86. The van der Waals surface area contributed by atoms with Crippen LogP contribution in [0.25, 0.3) is 0 Å². The summed E-state index contributed by atoms with van der Waals surface area (Å²) in [7, 11) is 2.22. The zero-order chi connectivity index (χ0) is 15.0. The molecule has 2 aliphatic heterocycles. The zero-order valence-electron chi connectivity index (χ0n) is 12.3. The molecule has 2 saturated heterocycles. The Morgan fingerprint density at radius 3 is 2.57 bits per heavy atom. The minimum Gasteiger partial charge on any atom is -0.399 e. The second kappa shape index (κ2) is 5.97. The van der Waals surface area contributed by atoms with E-state index in [9.17, 15) is 4.79 Å². The van der Waals surface area contributed by atoms with E-state index < -0.39 is 0 Å². The van der Waals surface area contributed by atoms with Crippen molar-refractivity contribution in [2.45, 2.75) is 50.2 Å². The van der Waals surface area contributed by atoms with Crippen LogP contribution >= 0.6 is 15.9 Å². The van der Waals surface area contributed by atoms with Gasteiger partial charge in [0.05, 0.1) is 0 Å². The molecular weight excluding hydrogens is 330 g/mol. The average molecular weight is 352 g/mol. The van der Waals surface area contributed by atoms with Gasteiger partial charge in [-0.1, -0.05) is 22.4 Å². The van der Waals surface area contributed by atoms with Gasteiger partial charge >= 0.3 is 0 Å². The quantitative estimate of drug-likeness (QED) is 0.805. The molecule has 4 nitrogen and oxygen atoms in total. The van der Waals surface area contributed by atoms with Gasteiger partial charge in [-0.05, 0) is 50.9 Å².